The molecule has 0 atom stereocenters. The molecule has 1 N–H and O–H groups in total. The second kappa shape index (κ2) is 6.49. The molecule has 0 saturated carbocycles. The highest BCUT2D eigenvalue weighted by Gasteiger charge is 2.28. The molecule has 21 heavy (non-hydrogen) atoms. The van der Waals surface area contributed by atoms with Crippen LogP contribution in [0.4, 0.5) is 4.39 Å². The average Bonchev–Trinajstić information content (AvgIpc) is 2.50. The Kier molecular flexibility index (Phi) is 4.90. The van der Waals surface area contributed by atoms with E-state index in [1.54, 1.807) is 0 Å². The zero-order valence-electron chi connectivity index (χ0n) is 11.7. The first kappa shape index (κ1) is 15.9. The number of hydrogen-bond acceptors (Lipinski definition) is 4. The molecule has 0 bridgehead atoms. The third-order valence-corrected chi connectivity index (χ3v) is 5.30. The van der Waals surface area contributed by atoms with Gasteiger partial charge in [-0.3, -0.25) is 0 Å². The SMILES string of the molecule is CN(Cc1cc(C#N)ccc1F)S(=O)(=O)N1CCNCC1. The predicted octanol–water partition coefficient (Wildman–Crippen LogP) is 0.279. The Morgan fingerprint density at radius 1 is 1.43 bits per heavy atom. The lowest BCUT2D eigenvalue weighted by molar-refractivity contribution is 0.323. The number of rotatable bonds is 4. The smallest absolute Gasteiger partial charge is 0.282 e. The number of hydrogen-bond donors (Lipinski definition) is 1. The van der Waals surface area contributed by atoms with Gasteiger partial charge in [-0.25, -0.2) is 4.39 Å². The summed E-state index contributed by atoms with van der Waals surface area (Å²) in [5.74, 6) is -0.517. The molecule has 0 aliphatic carbocycles. The second-order valence-electron chi connectivity index (χ2n) is 4.83. The van der Waals surface area contributed by atoms with Crippen molar-refractivity contribution in [2.75, 3.05) is 33.2 Å². The van der Waals surface area contributed by atoms with Gasteiger partial charge in [0, 0.05) is 45.3 Å². The Balaban J connectivity index is 2.17. The van der Waals surface area contributed by atoms with Gasteiger partial charge in [0.15, 0.2) is 0 Å². The fourth-order valence-electron chi connectivity index (χ4n) is 2.16. The normalized spacial score (nSPS) is 16.9. The van der Waals surface area contributed by atoms with Crippen molar-refractivity contribution in [1.82, 2.24) is 13.9 Å². The monoisotopic (exact) mass is 312 g/mol. The molecule has 1 aromatic carbocycles. The largest absolute Gasteiger partial charge is 0.314 e. The predicted molar refractivity (Wildman–Crippen MR) is 75.9 cm³/mol. The topological polar surface area (TPSA) is 76.4 Å². The molecule has 0 unspecified atom stereocenters. The number of piperazine rings is 1. The third-order valence-electron chi connectivity index (χ3n) is 3.36. The fourth-order valence-corrected chi connectivity index (χ4v) is 3.50. The van der Waals surface area contributed by atoms with E-state index >= 15 is 0 Å². The Hall–Kier alpha value is -1.53. The van der Waals surface area contributed by atoms with Gasteiger partial charge in [-0.15, -0.1) is 0 Å². The molecular weight excluding hydrogens is 295 g/mol. The van der Waals surface area contributed by atoms with Gasteiger partial charge >= 0.3 is 0 Å². The van der Waals surface area contributed by atoms with E-state index in [0.717, 1.165) is 4.31 Å². The molecule has 1 fully saturated rings. The van der Waals surface area contributed by atoms with Crippen LogP contribution in [0.25, 0.3) is 0 Å². The summed E-state index contributed by atoms with van der Waals surface area (Å²) in [6, 6.07) is 5.84. The van der Waals surface area contributed by atoms with Crippen LogP contribution in [-0.2, 0) is 16.8 Å². The first-order valence-corrected chi connectivity index (χ1v) is 7.95. The molecular formula is C13H17FN4O2S. The maximum absolute atomic E-state index is 13.7. The molecule has 0 amide bonds. The molecule has 1 aliphatic heterocycles. The Bertz CT molecular complexity index is 651. The molecule has 0 spiro atoms. The van der Waals surface area contributed by atoms with Gasteiger partial charge in [0.05, 0.1) is 11.6 Å². The van der Waals surface area contributed by atoms with Crippen LogP contribution < -0.4 is 5.32 Å². The number of halogens is 1. The van der Waals surface area contributed by atoms with Crippen LogP contribution in [0, 0.1) is 17.1 Å². The van der Waals surface area contributed by atoms with Gasteiger partial charge in [0.25, 0.3) is 10.2 Å². The van der Waals surface area contributed by atoms with E-state index in [-0.39, 0.29) is 12.1 Å². The van der Waals surface area contributed by atoms with E-state index < -0.39 is 16.0 Å². The van der Waals surface area contributed by atoms with Crippen molar-refractivity contribution in [3.63, 3.8) is 0 Å². The van der Waals surface area contributed by atoms with Crippen molar-refractivity contribution >= 4 is 10.2 Å². The Labute approximate surface area is 124 Å². The van der Waals surface area contributed by atoms with E-state index in [0.29, 0.717) is 31.7 Å². The van der Waals surface area contributed by atoms with E-state index in [9.17, 15) is 12.8 Å². The van der Waals surface area contributed by atoms with E-state index in [1.165, 1.54) is 29.6 Å². The molecule has 0 radical (unpaired) electrons. The summed E-state index contributed by atoms with van der Waals surface area (Å²) < 4.78 is 41.0. The lowest BCUT2D eigenvalue weighted by atomic mass is 10.1. The summed E-state index contributed by atoms with van der Waals surface area (Å²) in [6.45, 7) is 1.89. The van der Waals surface area contributed by atoms with Crippen LogP contribution in [0.5, 0.6) is 0 Å². The summed E-state index contributed by atoms with van der Waals surface area (Å²) >= 11 is 0. The van der Waals surface area contributed by atoms with Crippen molar-refractivity contribution in [3.8, 4) is 6.07 Å². The zero-order chi connectivity index (χ0) is 15.5. The number of nitrogens with one attached hydrogen (secondary N) is 1. The fraction of sp³-hybridized carbons (Fsp3) is 0.462. The van der Waals surface area contributed by atoms with Crippen LogP contribution in [0.3, 0.4) is 0 Å². The van der Waals surface area contributed by atoms with Crippen molar-refractivity contribution in [3.05, 3.63) is 35.1 Å². The highest BCUT2D eigenvalue weighted by Crippen LogP contribution is 2.16. The molecule has 8 heteroatoms. The standard InChI is InChI=1S/C13H17FN4O2S/c1-17(21(19,20)18-6-4-16-5-7-18)10-12-8-11(9-15)2-3-13(12)14/h2-3,8,16H,4-7,10H2,1H3. The van der Waals surface area contributed by atoms with Gasteiger partial charge < -0.3 is 5.32 Å². The molecule has 1 aromatic rings. The molecule has 1 aliphatic rings. The highest BCUT2D eigenvalue weighted by atomic mass is 32.2. The van der Waals surface area contributed by atoms with E-state index in [4.69, 9.17) is 5.26 Å². The van der Waals surface area contributed by atoms with Crippen molar-refractivity contribution in [1.29, 1.82) is 5.26 Å². The van der Waals surface area contributed by atoms with Gasteiger partial charge in [-0.05, 0) is 18.2 Å². The Morgan fingerprint density at radius 3 is 2.71 bits per heavy atom. The van der Waals surface area contributed by atoms with Crippen molar-refractivity contribution in [2.24, 2.45) is 0 Å². The van der Waals surface area contributed by atoms with Gasteiger partial charge in [0.2, 0.25) is 0 Å². The maximum Gasteiger partial charge on any atom is 0.282 e. The minimum absolute atomic E-state index is 0.104. The molecule has 1 heterocycles. The van der Waals surface area contributed by atoms with Crippen molar-refractivity contribution in [2.45, 2.75) is 6.54 Å². The second-order valence-corrected chi connectivity index (χ2v) is 6.87. The number of benzene rings is 1. The first-order valence-electron chi connectivity index (χ1n) is 6.56. The summed E-state index contributed by atoms with van der Waals surface area (Å²) in [5, 5.41) is 11.9. The Morgan fingerprint density at radius 2 is 2.10 bits per heavy atom. The first-order chi connectivity index (χ1) is 9.95. The maximum atomic E-state index is 13.7. The van der Waals surface area contributed by atoms with Crippen LogP contribution >= 0.6 is 0 Å². The van der Waals surface area contributed by atoms with Gasteiger partial charge in [-0.1, -0.05) is 0 Å². The third kappa shape index (κ3) is 3.57. The molecule has 1 saturated heterocycles. The van der Waals surface area contributed by atoms with Crippen LogP contribution in [0.15, 0.2) is 18.2 Å². The quantitative estimate of drug-likeness (QED) is 0.866. The lowest BCUT2D eigenvalue weighted by Crippen LogP contribution is -2.50. The van der Waals surface area contributed by atoms with E-state index in [2.05, 4.69) is 5.32 Å². The van der Waals surface area contributed by atoms with Crippen LogP contribution in [0.2, 0.25) is 0 Å². The minimum Gasteiger partial charge on any atom is -0.314 e. The summed E-state index contributed by atoms with van der Waals surface area (Å²) in [4.78, 5) is 0. The highest BCUT2D eigenvalue weighted by molar-refractivity contribution is 7.86. The number of nitriles is 1. The van der Waals surface area contributed by atoms with E-state index in [1.807, 2.05) is 6.07 Å². The number of nitrogens with zero attached hydrogens (tertiary/aromatic N) is 3. The molecule has 6 nitrogen and oxygen atoms in total. The van der Waals surface area contributed by atoms with Gasteiger partial charge in [-0.2, -0.15) is 22.3 Å². The summed E-state index contributed by atoms with van der Waals surface area (Å²) in [5.41, 5.74) is 0.495. The van der Waals surface area contributed by atoms with Crippen molar-refractivity contribution < 1.29 is 12.8 Å². The molecule has 0 aromatic heterocycles. The summed E-state index contributed by atoms with van der Waals surface area (Å²) in [6.07, 6.45) is 0. The summed E-state index contributed by atoms with van der Waals surface area (Å²) in [7, 11) is -2.21. The van der Waals surface area contributed by atoms with Crippen LogP contribution in [-0.4, -0.2) is 50.3 Å². The lowest BCUT2D eigenvalue weighted by Gasteiger charge is -2.30. The minimum atomic E-state index is -3.62. The zero-order valence-corrected chi connectivity index (χ0v) is 12.5. The average molecular weight is 312 g/mol. The molecule has 114 valence electrons. The van der Waals surface area contributed by atoms with Gasteiger partial charge in [0.1, 0.15) is 5.82 Å². The molecule has 2 rings (SSSR count). The van der Waals surface area contributed by atoms with Crippen LogP contribution in [0.1, 0.15) is 11.1 Å².